The Morgan fingerprint density at radius 1 is 1.67 bits per heavy atom. The lowest BCUT2D eigenvalue weighted by molar-refractivity contribution is -0.160. The molecule has 1 N–H and O–H groups in total. The van der Waals surface area contributed by atoms with Crippen LogP contribution in [0.15, 0.2) is 0 Å². The van der Waals surface area contributed by atoms with Crippen LogP contribution in [0.25, 0.3) is 0 Å². The number of carbonyl (C=O) groups is 1. The number of hydrogen-bond acceptors (Lipinski definition) is 3. The Hall–Kier alpha value is -0.610. The van der Waals surface area contributed by atoms with Crippen LogP contribution in [0, 0.1) is 0 Å². The molecule has 0 aromatic heterocycles. The first-order valence-corrected chi connectivity index (χ1v) is 5.70. The normalized spacial score (nSPS) is 23.7. The fraction of sp³-hybridized carbons (Fsp3) is 0.909. The molecule has 0 radical (unpaired) electrons. The molecule has 1 saturated heterocycles. The van der Waals surface area contributed by atoms with Crippen LogP contribution < -0.4 is 0 Å². The first kappa shape index (κ1) is 12.5. The number of rotatable bonds is 6. The van der Waals surface area contributed by atoms with E-state index in [-0.39, 0.29) is 6.10 Å². The van der Waals surface area contributed by atoms with Crippen molar-refractivity contribution in [3.05, 3.63) is 0 Å². The third-order valence-electron chi connectivity index (χ3n) is 2.57. The molecule has 1 fully saturated rings. The van der Waals surface area contributed by atoms with Crippen molar-refractivity contribution < 1.29 is 19.4 Å². The average Bonchev–Trinajstić information content (AvgIpc) is 2.25. The number of ether oxygens (including phenoxy) is 2. The van der Waals surface area contributed by atoms with Crippen LogP contribution in [-0.4, -0.2) is 36.5 Å². The van der Waals surface area contributed by atoms with E-state index in [4.69, 9.17) is 14.6 Å². The molecule has 1 aliphatic rings. The van der Waals surface area contributed by atoms with Gasteiger partial charge in [0.2, 0.25) is 0 Å². The molecule has 1 heterocycles. The van der Waals surface area contributed by atoms with E-state index in [1.807, 2.05) is 6.92 Å². The number of carboxylic acids is 1. The fourth-order valence-corrected chi connectivity index (χ4v) is 1.69. The summed E-state index contributed by atoms with van der Waals surface area (Å²) in [5.74, 6) is -0.853. The van der Waals surface area contributed by atoms with Gasteiger partial charge in [-0.25, -0.2) is 4.79 Å². The van der Waals surface area contributed by atoms with E-state index in [0.29, 0.717) is 13.0 Å². The summed E-state index contributed by atoms with van der Waals surface area (Å²) < 4.78 is 10.8. The molecule has 0 spiro atoms. The number of hydrogen-bond donors (Lipinski definition) is 1. The maximum absolute atomic E-state index is 10.9. The molecule has 0 bridgehead atoms. The van der Waals surface area contributed by atoms with Gasteiger partial charge in [0.1, 0.15) is 0 Å². The molecule has 2 unspecified atom stereocenters. The summed E-state index contributed by atoms with van der Waals surface area (Å²) in [4.78, 5) is 10.9. The van der Waals surface area contributed by atoms with Crippen LogP contribution in [-0.2, 0) is 14.3 Å². The SMILES string of the molecule is CCCCC(OC1CCCOC1)C(=O)O. The summed E-state index contributed by atoms with van der Waals surface area (Å²) in [5.41, 5.74) is 0. The van der Waals surface area contributed by atoms with E-state index in [1.54, 1.807) is 0 Å². The van der Waals surface area contributed by atoms with E-state index < -0.39 is 12.1 Å². The lowest BCUT2D eigenvalue weighted by Gasteiger charge is -2.25. The van der Waals surface area contributed by atoms with Gasteiger partial charge in [-0.1, -0.05) is 19.8 Å². The second-order valence-corrected chi connectivity index (χ2v) is 3.94. The van der Waals surface area contributed by atoms with Gasteiger partial charge in [0, 0.05) is 6.61 Å². The zero-order valence-corrected chi connectivity index (χ0v) is 9.28. The van der Waals surface area contributed by atoms with Crippen molar-refractivity contribution in [1.82, 2.24) is 0 Å². The largest absolute Gasteiger partial charge is 0.479 e. The summed E-state index contributed by atoms with van der Waals surface area (Å²) in [6.07, 6.45) is 3.68. The highest BCUT2D eigenvalue weighted by atomic mass is 16.6. The third-order valence-corrected chi connectivity index (χ3v) is 2.57. The predicted octanol–water partition coefficient (Wildman–Crippen LogP) is 1.83. The Morgan fingerprint density at radius 3 is 3.00 bits per heavy atom. The molecular weight excluding hydrogens is 196 g/mol. The van der Waals surface area contributed by atoms with Crippen LogP contribution in [0.4, 0.5) is 0 Å². The molecule has 15 heavy (non-hydrogen) atoms. The van der Waals surface area contributed by atoms with Gasteiger partial charge in [-0.3, -0.25) is 0 Å². The standard InChI is InChI=1S/C11H20O4/c1-2-3-6-10(11(12)13)15-9-5-4-7-14-8-9/h9-10H,2-8H2,1H3,(H,12,13). The summed E-state index contributed by atoms with van der Waals surface area (Å²) in [6, 6.07) is 0. The van der Waals surface area contributed by atoms with Crippen LogP contribution >= 0.6 is 0 Å². The molecule has 0 aliphatic carbocycles. The summed E-state index contributed by atoms with van der Waals surface area (Å²) >= 11 is 0. The van der Waals surface area contributed by atoms with Crippen LogP contribution in [0.5, 0.6) is 0 Å². The van der Waals surface area contributed by atoms with Gasteiger partial charge in [0.15, 0.2) is 6.10 Å². The number of aliphatic carboxylic acids is 1. The van der Waals surface area contributed by atoms with E-state index in [2.05, 4.69) is 0 Å². The Kier molecular flexibility index (Phi) is 5.65. The smallest absolute Gasteiger partial charge is 0.332 e. The molecule has 1 aliphatic heterocycles. The van der Waals surface area contributed by atoms with E-state index in [1.165, 1.54) is 0 Å². The third kappa shape index (κ3) is 4.62. The monoisotopic (exact) mass is 216 g/mol. The first-order valence-electron chi connectivity index (χ1n) is 5.70. The van der Waals surface area contributed by atoms with Crippen molar-refractivity contribution in [3.63, 3.8) is 0 Å². The lowest BCUT2D eigenvalue weighted by Crippen LogP contribution is -2.34. The van der Waals surface area contributed by atoms with Crippen molar-refractivity contribution >= 4 is 5.97 Å². The minimum absolute atomic E-state index is 0.0308. The second kappa shape index (κ2) is 6.80. The molecule has 2 atom stereocenters. The molecular formula is C11H20O4. The topological polar surface area (TPSA) is 55.8 Å². The van der Waals surface area contributed by atoms with Crippen LogP contribution in [0.1, 0.15) is 39.0 Å². The highest BCUT2D eigenvalue weighted by Crippen LogP contribution is 2.15. The van der Waals surface area contributed by atoms with Gasteiger partial charge in [-0.05, 0) is 19.3 Å². The molecule has 1 rings (SSSR count). The highest BCUT2D eigenvalue weighted by molar-refractivity contribution is 5.72. The molecule has 88 valence electrons. The van der Waals surface area contributed by atoms with Gasteiger partial charge >= 0.3 is 5.97 Å². The Labute approximate surface area is 90.6 Å². The average molecular weight is 216 g/mol. The molecule has 0 saturated carbocycles. The summed E-state index contributed by atoms with van der Waals surface area (Å²) in [6.45, 7) is 3.35. The van der Waals surface area contributed by atoms with Gasteiger partial charge in [-0.15, -0.1) is 0 Å². The maximum atomic E-state index is 10.9. The van der Waals surface area contributed by atoms with E-state index in [0.717, 1.165) is 32.3 Å². The number of carboxylic acid groups (broad SMARTS) is 1. The molecule has 4 heteroatoms. The fourth-order valence-electron chi connectivity index (χ4n) is 1.69. The number of unbranched alkanes of at least 4 members (excludes halogenated alkanes) is 1. The quantitative estimate of drug-likeness (QED) is 0.736. The zero-order chi connectivity index (χ0) is 11.1. The van der Waals surface area contributed by atoms with Gasteiger partial charge in [-0.2, -0.15) is 0 Å². The van der Waals surface area contributed by atoms with Crippen molar-refractivity contribution in [3.8, 4) is 0 Å². The Bertz CT molecular complexity index is 187. The molecule has 0 aromatic rings. The first-order chi connectivity index (χ1) is 7.24. The maximum Gasteiger partial charge on any atom is 0.332 e. The van der Waals surface area contributed by atoms with Crippen LogP contribution in [0.2, 0.25) is 0 Å². The molecule has 0 aromatic carbocycles. The van der Waals surface area contributed by atoms with E-state index >= 15 is 0 Å². The minimum Gasteiger partial charge on any atom is -0.479 e. The lowest BCUT2D eigenvalue weighted by atomic mass is 10.1. The zero-order valence-electron chi connectivity index (χ0n) is 9.28. The minimum atomic E-state index is -0.853. The predicted molar refractivity (Wildman–Crippen MR) is 55.9 cm³/mol. The van der Waals surface area contributed by atoms with Crippen molar-refractivity contribution in [2.24, 2.45) is 0 Å². The summed E-state index contributed by atoms with van der Waals surface area (Å²) in [5, 5.41) is 8.96. The van der Waals surface area contributed by atoms with Crippen molar-refractivity contribution in [1.29, 1.82) is 0 Å². The Morgan fingerprint density at radius 2 is 2.47 bits per heavy atom. The van der Waals surface area contributed by atoms with E-state index in [9.17, 15) is 4.79 Å². The van der Waals surface area contributed by atoms with Gasteiger partial charge in [0.25, 0.3) is 0 Å². The van der Waals surface area contributed by atoms with Gasteiger partial charge in [0.05, 0.1) is 12.7 Å². The molecule has 4 nitrogen and oxygen atoms in total. The Balaban J connectivity index is 2.31. The molecule has 0 amide bonds. The second-order valence-electron chi connectivity index (χ2n) is 3.94. The highest BCUT2D eigenvalue weighted by Gasteiger charge is 2.24. The summed E-state index contributed by atoms with van der Waals surface area (Å²) in [7, 11) is 0. The van der Waals surface area contributed by atoms with Crippen LogP contribution in [0.3, 0.4) is 0 Å². The van der Waals surface area contributed by atoms with Crippen molar-refractivity contribution in [2.45, 2.75) is 51.2 Å². The van der Waals surface area contributed by atoms with Crippen molar-refractivity contribution in [2.75, 3.05) is 13.2 Å². The van der Waals surface area contributed by atoms with Gasteiger partial charge < -0.3 is 14.6 Å².